The van der Waals surface area contributed by atoms with Gasteiger partial charge in [-0.3, -0.25) is 24.0 Å². The fraction of sp³-hybridized carbons (Fsp3) is 0.219. The lowest BCUT2D eigenvalue weighted by Gasteiger charge is -2.56. The van der Waals surface area contributed by atoms with E-state index < -0.39 is 58.8 Å². The number of hydrogen-bond acceptors (Lipinski definition) is 5. The lowest BCUT2D eigenvalue weighted by molar-refractivity contribution is -0.140. The quantitative estimate of drug-likeness (QED) is 0.474. The number of carbonyl (C=O) groups excluding carboxylic acids is 5. The van der Waals surface area contributed by atoms with Crippen molar-refractivity contribution in [3.63, 3.8) is 0 Å². The predicted molar refractivity (Wildman–Crippen MR) is 146 cm³/mol. The normalized spacial score (nSPS) is 31.3. The van der Waals surface area contributed by atoms with Crippen molar-refractivity contribution in [3.05, 3.63) is 96.6 Å². The van der Waals surface area contributed by atoms with E-state index in [-0.39, 0.29) is 5.91 Å². The Morgan fingerprint density at radius 1 is 0.650 bits per heavy atom. The molecule has 8 nitrogen and oxygen atoms in total. The fourth-order valence-electron chi connectivity index (χ4n) is 8.26. The molecule has 3 aromatic carbocycles. The smallest absolute Gasteiger partial charge is 0.240 e. The molecule has 4 unspecified atom stereocenters. The van der Waals surface area contributed by atoms with Crippen LogP contribution in [0.5, 0.6) is 0 Å². The van der Waals surface area contributed by atoms with Gasteiger partial charge in [-0.25, -0.2) is 9.80 Å². The van der Waals surface area contributed by atoms with Crippen LogP contribution in [0.25, 0.3) is 5.57 Å². The summed E-state index contributed by atoms with van der Waals surface area (Å²) in [6.45, 7) is 1.41. The van der Waals surface area contributed by atoms with Crippen LogP contribution in [0.4, 0.5) is 17.1 Å². The summed E-state index contributed by atoms with van der Waals surface area (Å²) >= 11 is 0. The summed E-state index contributed by atoms with van der Waals surface area (Å²) in [5.74, 6) is -6.56. The first kappa shape index (κ1) is 23.1. The summed E-state index contributed by atoms with van der Waals surface area (Å²) in [6.07, 6.45) is 1.91. The van der Waals surface area contributed by atoms with Gasteiger partial charge in [0.15, 0.2) is 0 Å². The maximum atomic E-state index is 14.5. The van der Waals surface area contributed by atoms with Gasteiger partial charge >= 0.3 is 0 Å². The summed E-state index contributed by atoms with van der Waals surface area (Å²) in [5.41, 5.74) is 1.37. The van der Waals surface area contributed by atoms with Gasteiger partial charge < -0.3 is 4.90 Å². The van der Waals surface area contributed by atoms with Crippen molar-refractivity contribution >= 4 is 52.2 Å². The molecular weight excluding hydrogens is 506 g/mol. The van der Waals surface area contributed by atoms with Gasteiger partial charge in [-0.2, -0.15) is 0 Å². The molecule has 2 bridgehead atoms. The Labute approximate surface area is 229 Å². The number of imide groups is 2. The summed E-state index contributed by atoms with van der Waals surface area (Å²) in [6, 6.07) is 24.7. The molecule has 3 aromatic rings. The Morgan fingerprint density at radius 3 is 1.62 bits per heavy atom. The highest BCUT2D eigenvalue weighted by Crippen LogP contribution is 2.70. The molecule has 3 aliphatic carbocycles. The third kappa shape index (κ3) is 2.45. The third-order valence-corrected chi connectivity index (χ3v) is 9.42. The third-order valence-electron chi connectivity index (χ3n) is 9.42. The molecular formula is C32H23N3O5. The Bertz CT molecular complexity index is 1630. The summed E-state index contributed by atoms with van der Waals surface area (Å²) in [7, 11) is 0. The van der Waals surface area contributed by atoms with Gasteiger partial charge in [-0.15, -0.1) is 0 Å². The molecule has 1 saturated carbocycles. The van der Waals surface area contributed by atoms with Gasteiger partial charge in [0.25, 0.3) is 0 Å². The van der Waals surface area contributed by atoms with Crippen molar-refractivity contribution in [1.82, 2.24) is 0 Å². The SMILES string of the molecule is CC(=O)N1c2ccccc2C2=CC3C4C(=O)N(c5ccccc5)C(=O)C4C21C1C(=O)N(c2ccccc2)C(=O)C31. The predicted octanol–water partition coefficient (Wildman–Crippen LogP) is 3.43. The molecule has 2 saturated heterocycles. The van der Waals surface area contributed by atoms with Gasteiger partial charge in [0.1, 0.15) is 0 Å². The molecule has 0 N–H and O–H groups in total. The number of allylic oxidation sites excluding steroid dienone is 1. The second kappa shape index (κ2) is 7.63. The lowest BCUT2D eigenvalue weighted by atomic mass is 9.47. The van der Waals surface area contributed by atoms with Gasteiger partial charge in [-0.1, -0.05) is 60.7 Å². The summed E-state index contributed by atoms with van der Waals surface area (Å²) < 4.78 is 0. The molecule has 3 aliphatic heterocycles. The average molecular weight is 530 g/mol. The molecule has 3 heterocycles. The minimum Gasteiger partial charge on any atom is -0.300 e. The van der Waals surface area contributed by atoms with Crippen LogP contribution in [-0.4, -0.2) is 35.1 Å². The molecule has 9 rings (SSSR count). The number of nitrogens with zero attached hydrogens (tertiary/aromatic N) is 3. The second-order valence-electron chi connectivity index (χ2n) is 11.1. The number of anilines is 3. The largest absolute Gasteiger partial charge is 0.300 e. The highest BCUT2D eigenvalue weighted by molar-refractivity contribution is 6.30. The maximum Gasteiger partial charge on any atom is 0.240 e. The molecule has 4 atom stereocenters. The number of benzene rings is 3. The number of rotatable bonds is 2. The van der Waals surface area contributed by atoms with Crippen molar-refractivity contribution in [1.29, 1.82) is 0 Å². The molecule has 3 fully saturated rings. The van der Waals surface area contributed by atoms with E-state index in [1.807, 2.05) is 18.2 Å². The van der Waals surface area contributed by atoms with Gasteiger partial charge in [0.2, 0.25) is 29.5 Å². The highest BCUT2D eigenvalue weighted by atomic mass is 16.2. The van der Waals surface area contributed by atoms with Crippen molar-refractivity contribution in [3.8, 4) is 0 Å². The number of fused-ring (bicyclic) bond motifs is 1. The summed E-state index contributed by atoms with van der Waals surface area (Å²) in [4.78, 5) is 74.7. The van der Waals surface area contributed by atoms with Crippen molar-refractivity contribution in [2.45, 2.75) is 12.5 Å². The Kier molecular flexibility index (Phi) is 4.40. The topological polar surface area (TPSA) is 95.1 Å². The minimum atomic E-state index is -1.51. The molecule has 196 valence electrons. The van der Waals surface area contributed by atoms with Gasteiger partial charge in [0.05, 0.1) is 46.3 Å². The fourth-order valence-corrected chi connectivity index (χ4v) is 8.26. The van der Waals surface area contributed by atoms with Crippen LogP contribution in [0.1, 0.15) is 12.5 Å². The van der Waals surface area contributed by atoms with E-state index in [4.69, 9.17) is 0 Å². The maximum absolute atomic E-state index is 14.5. The standard InChI is InChI=1S/C32H23N3O5/c1-17(36)35-23-15-9-8-14-20(23)22-16-21-24-26(30(39)33(28(24)37)18-10-4-2-5-11-18)32(22,35)27-25(21)29(38)34(31(27)40)19-12-6-3-7-13-19/h2-16,21,24-27H,1H3. The number of amides is 5. The van der Waals surface area contributed by atoms with Crippen LogP contribution < -0.4 is 14.7 Å². The molecule has 8 heteroatoms. The average Bonchev–Trinajstić information content (AvgIpc) is 3.53. The zero-order valence-corrected chi connectivity index (χ0v) is 21.4. The van der Waals surface area contributed by atoms with E-state index in [1.165, 1.54) is 21.6 Å². The van der Waals surface area contributed by atoms with Gasteiger partial charge in [-0.05, 0) is 35.9 Å². The molecule has 0 radical (unpaired) electrons. The van der Waals surface area contributed by atoms with E-state index in [0.717, 1.165) is 5.56 Å². The Morgan fingerprint density at radius 2 is 1.12 bits per heavy atom. The van der Waals surface area contributed by atoms with Crippen molar-refractivity contribution < 1.29 is 24.0 Å². The van der Waals surface area contributed by atoms with E-state index in [9.17, 15) is 24.0 Å². The van der Waals surface area contributed by atoms with Crippen LogP contribution in [-0.2, 0) is 24.0 Å². The van der Waals surface area contributed by atoms with Crippen molar-refractivity contribution in [2.75, 3.05) is 14.7 Å². The molecule has 1 spiro atoms. The zero-order valence-electron chi connectivity index (χ0n) is 21.4. The lowest BCUT2D eigenvalue weighted by Crippen LogP contribution is -2.70. The Hall–Kier alpha value is -4.85. The monoisotopic (exact) mass is 529 g/mol. The molecule has 0 aromatic heterocycles. The van der Waals surface area contributed by atoms with Crippen LogP contribution in [0, 0.1) is 29.6 Å². The van der Waals surface area contributed by atoms with E-state index in [1.54, 1.807) is 72.8 Å². The minimum absolute atomic E-state index is 0.356. The first-order valence-electron chi connectivity index (χ1n) is 13.4. The van der Waals surface area contributed by atoms with Crippen LogP contribution in [0.2, 0.25) is 0 Å². The zero-order chi connectivity index (χ0) is 27.5. The number of hydrogen-bond donors (Lipinski definition) is 0. The first-order valence-corrected chi connectivity index (χ1v) is 13.4. The van der Waals surface area contributed by atoms with E-state index in [2.05, 4.69) is 0 Å². The van der Waals surface area contributed by atoms with Crippen molar-refractivity contribution in [2.24, 2.45) is 29.6 Å². The Balaban J connectivity index is 1.41. The molecule has 5 amide bonds. The number of para-hydroxylation sites is 3. The van der Waals surface area contributed by atoms with Crippen LogP contribution >= 0.6 is 0 Å². The van der Waals surface area contributed by atoms with Gasteiger partial charge in [0, 0.05) is 18.4 Å². The van der Waals surface area contributed by atoms with Crippen LogP contribution in [0.3, 0.4) is 0 Å². The van der Waals surface area contributed by atoms with E-state index >= 15 is 0 Å². The number of carbonyl (C=O) groups is 5. The summed E-state index contributed by atoms with van der Waals surface area (Å²) in [5, 5.41) is 0. The highest BCUT2D eigenvalue weighted by Gasteiger charge is 2.80. The van der Waals surface area contributed by atoms with E-state index in [0.29, 0.717) is 22.6 Å². The van der Waals surface area contributed by atoms with Crippen LogP contribution in [0.15, 0.2) is 91.0 Å². The second-order valence-corrected chi connectivity index (χ2v) is 11.1. The first-order chi connectivity index (χ1) is 19.4. The molecule has 40 heavy (non-hydrogen) atoms. The molecule has 6 aliphatic rings.